The predicted molar refractivity (Wildman–Crippen MR) is 46.2 cm³/mol. The second-order valence-electron chi connectivity index (χ2n) is 2.44. The zero-order chi connectivity index (χ0) is 10.6. The zero-order valence-corrected chi connectivity index (χ0v) is 7.14. The lowest BCUT2D eigenvalue weighted by molar-refractivity contribution is -0.120. The fourth-order valence-electron chi connectivity index (χ4n) is 0.839. The van der Waals surface area contributed by atoms with E-state index in [9.17, 15) is 14.4 Å². The van der Waals surface area contributed by atoms with Crippen molar-refractivity contribution in [1.29, 1.82) is 0 Å². The van der Waals surface area contributed by atoms with Crippen LogP contribution in [-0.4, -0.2) is 21.5 Å². The molecule has 0 radical (unpaired) electrons. The Labute approximate surface area is 78.5 Å². The standard InChI is InChI=1S/C7H8N4O3/c8-6(13)10-5(12)4-11-3-1-2-9-7(11)14/h1-3H,4H2,(H3,8,10,12,13). The van der Waals surface area contributed by atoms with Crippen LogP contribution in [-0.2, 0) is 11.3 Å². The zero-order valence-electron chi connectivity index (χ0n) is 7.14. The summed E-state index contributed by atoms with van der Waals surface area (Å²) < 4.78 is 1.05. The second kappa shape index (κ2) is 4.17. The largest absolute Gasteiger partial charge is 0.351 e. The van der Waals surface area contributed by atoms with Crippen molar-refractivity contribution >= 4 is 11.9 Å². The Kier molecular flexibility index (Phi) is 2.95. The molecule has 0 aliphatic carbocycles. The SMILES string of the molecule is NC(=O)NC(=O)Cn1cccnc1=O. The van der Waals surface area contributed by atoms with Gasteiger partial charge in [0.2, 0.25) is 5.91 Å². The number of amides is 3. The highest BCUT2D eigenvalue weighted by atomic mass is 16.2. The predicted octanol–water partition coefficient (Wildman–Crippen LogP) is -1.56. The van der Waals surface area contributed by atoms with E-state index in [-0.39, 0.29) is 6.54 Å². The van der Waals surface area contributed by atoms with Gasteiger partial charge in [0.15, 0.2) is 0 Å². The van der Waals surface area contributed by atoms with Crippen LogP contribution in [0.3, 0.4) is 0 Å². The average Bonchev–Trinajstić information content (AvgIpc) is 2.07. The van der Waals surface area contributed by atoms with Crippen molar-refractivity contribution in [3.63, 3.8) is 0 Å². The highest BCUT2D eigenvalue weighted by Crippen LogP contribution is 1.79. The van der Waals surface area contributed by atoms with E-state index < -0.39 is 17.6 Å². The maximum atomic E-state index is 11.0. The Bertz CT molecular complexity index is 411. The van der Waals surface area contributed by atoms with Crippen LogP contribution in [0.1, 0.15) is 0 Å². The van der Waals surface area contributed by atoms with Crippen LogP contribution >= 0.6 is 0 Å². The summed E-state index contributed by atoms with van der Waals surface area (Å²) in [6.07, 6.45) is 2.70. The first-order valence-corrected chi connectivity index (χ1v) is 3.70. The molecule has 0 spiro atoms. The third kappa shape index (κ3) is 2.70. The average molecular weight is 196 g/mol. The molecule has 0 unspecified atom stereocenters. The third-order valence-electron chi connectivity index (χ3n) is 1.36. The van der Waals surface area contributed by atoms with E-state index in [4.69, 9.17) is 5.73 Å². The number of primary amides is 1. The van der Waals surface area contributed by atoms with Crippen molar-refractivity contribution in [2.24, 2.45) is 5.73 Å². The van der Waals surface area contributed by atoms with Gasteiger partial charge in [-0.15, -0.1) is 0 Å². The summed E-state index contributed by atoms with van der Waals surface area (Å²) in [7, 11) is 0. The molecule has 0 saturated carbocycles. The van der Waals surface area contributed by atoms with Crippen molar-refractivity contribution in [1.82, 2.24) is 14.9 Å². The van der Waals surface area contributed by atoms with Gasteiger partial charge in [0.25, 0.3) is 0 Å². The number of hydrogen-bond donors (Lipinski definition) is 2. The molecule has 0 aliphatic heterocycles. The highest BCUT2D eigenvalue weighted by molar-refractivity contribution is 5.93. The van der Waals surface area contributed by atoms with Gasteiger partial charge in [0.1, 0.15) is 6.54 Å². The molecule has 0 atom stereocenters. The van der Waals surface area contributed by atoms with Crippen molar-refractivity contribution in [2.75, 3.05) is 0 Å². The van der Waals surface area contributed by atoms with Crippen LogP contribution in [0, 0.1) is 0 Å². The summed E-state index contributed by atoms with van der Waals surface area (Å²) in [6, 6.07) is 0.547. The first-order valence-electron chi connectivity index (χ1n) is 3.70. The van der Waals surface area contributed by atoms with Crippen molar-refractivity contribution in [3.8, 4) is 0 Å². The molecular weight excluding hydrogens is 188 g/mol. The quantitative estimate of drug-likeness (QED) is 0.596. The number of nitrogens with two attached hydrogens (primary N) is 1. The van der Waals surface area contributed by atoms with E-state index in [0.717, 1.165) is 4.57 Å². The molecule has 3 amide bonds. The lowest BCUT2D eigenvalue weighted by Crippen LogP contribution is -2.39. The maximum absolute atomic E-state index is 11.0. The number of hydrogen-bond acceptors (Lipinski definition) is 4. The van der Waals surface area contributed by atoms with Gasteiger partial charge in [-0.25, -0.2) is 14.6 Å². The minimum Gasteiger partial charge on any atom is -0.351 e. The van der Waals surface area contributed by atoms with E-state index >= 15 is 0 Å². The monoisotopic (exact) mass is 196 g/mol. The Balaban J connectivity index is 2.70. The van der Waals surface area contributed by atoms with Crippen molar-refractivity contribution < 1.29 is 9.59 Å². The molecule has 3 N–H and O–H groups in total. The molecule has 0 saturated heterocycles. The van der Waals surface area contributed by atoms with Crippen LogP contribution in [0.15, 0.2) is 23.3 Å². The molecule has 7 heteroatoms. The summed E-state index contributed by atoms with van der Waals surface area (Å²) in [6.45, 7) is -0.282. The van der Waals surface area contributed by atoms with Crippen LogP contribution in [0.4, 0.5) is 4.79 Å². The number of urea groups is 1. The minimum atomic E-state index is -0.952. The summed E-state index contributed by atoms with van der Waals surface area (Å²) in [5.41, 5.74) is 4.15. The van der Waals surface area contributed by atoms with Gasteiger partial charge in [0.05, 0.1) is 0 Å². The second-order valence-corrected chi connectivity index (χ2v) is 2.44. The molecule has 14 heavy (non-hydrogen) atoms. The van der Waals surface area contributed by atoms with Gasteiger partial charge in [-0.05, 0) is 6.07 Å². The number of carbonyl (C=O) groups excluding carboxylic acids is 2. The van der Waals surface area contributed by atoms with Gasteiger partial charge < -0.3 is 5.73 Å². The summed E-state index contributed by atoms with van der Waals surface area (Å²) in [4.78, 5) is 35.7. The van der Waals surface area contributed by atoms with Gasteiger partial charge in [-0.2, -0.15) is 0 Å². The molecule has 0 aromatic carbocycles. The third-order valence-corrected chi connectivity index (χ3v) is 1.36. The Morgan fingerprint density at radius 2 is 2.29 bits per heavy atom. The van der Waals surface area contributed by atoms with E-state index in [0.29, 0.717) is 0 Å². The van der Waals surface area contributed by atoms with Gasteiger partial charge in [0, 0.05) is 12.4 Å². The van der Waals surface area contributed by atoms with Crippen LogP contribution in [0.25, 0.3) is 0 Å². The van der Waals surface area contributed by atoms with E-state index in [2.05, 4.69) is 4.98 Å². The van der Waals surface area contributed by atoms with Crippen LogP contribution in [0.5, 0.6) is 0 Å². The van der Waals surface area contributed by atoms with E-state index in [1.165, 1.54) is 18.5 Å². The first-order chi connectivity index (χ1) is 6.59. The molecule has 1 aromatic heterocycles. The summed E-state index contributed by atoms with van der Waals surface area (Å²) in [5, 5.41) is 1.83. The molecule has 1 heterocycles. The normalized spacial score (nSPS) is 9.43. The highest BCUT2D eigenvalue weighted by Gasteiger charge is 2.05. The van der Waals surface area contributed by atoms with E-state index in [1.54, 1.807) is 0 Å². The van der Waals surface area contributed by atoms with Crippen molar-refractivity contribution in [2.45, 2.75) is 6.54 Å². The molecule has 74 valence electrons. The molecule has 0 aliphatic rings. The molecule has 7 nitrogen and oxygen atoms in total. The maximum Gasteiger partial charge on any atom is 0.347 e. The van der Waals surface area contributed by atoms with Crippen LogP contribution < -0.4 is 16.7 Å². The Morgan fingerprint density at radius 3 is 2.86 bits per heavy atom. The number of aromatic nitrogens is 2. The molecule has 0 fully saturated rings. The summed E-state index contributed by atoms with van der Waals surface area (Å²) in [5.74, 6) is -0.660. The fourth-order valence-corrected chi connectivity index (χ4v) is 0.839. The molecule has 0 bridgehead atoms. The number of rotatable bonds is 2. The van der Waals surface area contributed by atoms with Gasteiger partial charge >= 0.3 is 11.7 Å². The number of imide groups is 1. The van der Waals surface area contributed by atoms with Crippen molar-refractivity contribution in [3.05, 3.63) is 28.9 Å². The lowest BCUT2D eigenvalue weighted by Gasteiger charge is -2.02. The molecule has 1 aromatic rings. The fraction of sp³-hybridized carbons (Fsp3) is 0.143. The Morgan fingerprint density at radius 1 is 1.57 bits per heavy atom. The number of nitrogens with one attached hydrogen (secondary N) is 1. The topological polar surface area (TPSA) is 107 Å². The van der Waals surface area contributed by atoms with Gasteiger partial charge in [-0.1, -0.05) is 0 Å². The molecule has 1 rings (SSSR count). The lowest BCUT2D eigenvalue weighted by atomic mass is 10.5. The number of nitrogens with zero attached hydrogens (tertiary/aromatic N) is 2. The van der Waals surface area contributed by atoms with E-state index in [1.807, 2.05) is 5.32 Å². The minimum absolute atomic E-state index is 0.282. The van der Waals surface area contributed by atoms with Gasteiger partial charge in [-0.3, -0.25) is 14.7 Å². The smallest absolute Gasteiger partial charge is 0.347 e. The Hall–Kier alpha value is -2.18. The first kappa shape index (κ1) is 9.90. The number of carbonyl (C=O) groups is 2. The summed E-state index contributed by atoms with van der Waals surface area (Å²) >= 11 is 0. The molecular formula is C7H8N4O3. The van der Waals surface area contributed by atoms with Crippen LogP contribution in [0.2, 0.25) is 0 Å².